The monoisotopic (exact) mass is 294 g/mol. The molecule has 0 aromatic carbocycles. The average molecular weight is 294 g/mol. The number of aromatic nitrogens is 4. The molecule has 0 atom stereocenters. The number of aromatic amines is 1. The number of nitrogens with one attached hydrogen (secondary N) is 1. The van der Waals surface area contributed by atoms with Crippen molar-refractivity contribution in [3.05, 3.63) is 42.4 Å². The van der Waals surface area contributed by atoms with Crippen LogP contribution in [-0.4, -0.2) is 25.4 Å². The van der Waals surface area contributed by atoms with Gasteiger partial charge in [-0.05, 0) is 37.1 Å². The number of H-pyrrole nitrogens is 1. The molecule has 0 unspecified atom stereocenters. The summed E-state index contributed by atoms with van der Waals surface area (Å²) in [6.07, 6.45) is 6.63. The fourth-order valence-electron chi connectivity index (χ4n) is 3.27. The van der Waals surface area contributed by atoms with Crippen LogP contribution in [0.3, 0.4) is 0 Å². The van der Waals surface area contributed by atoms with Gasteiger partial charge in [0.1, 0.15) is 5.78 Å². The van der Waals surface area contributed by atoms with Gasteiger partial charge in [-0.3, -0.25) is 4.79 Å². The van der Waals surface area contributed by atoms with Gasteiger partial charge in [0.05, 0.1) is 17.8 Å². The third-order valence-corrected chi connectivity index (χ3v) is 4.42. The van der Waals surface area contributed by atoms with Crippen LogP contribution in [0.2, 0.25) is 0 Å². The molecule has 3 heterocycles. The lowest BCUT2D eigenvalue weighted by molar-refractivity contribution is -0.122. The first kappa shape index (κ1) is 13.2. The van der Waals surface area contributed by atoms with Gasteiger partial charge in [-0.2, -0.15) is 5.10 Å². The number of carbonyl (C=O) groups excluding carboxylic acids is 1. The van der Waals surface area contributed by atoms with Crippen molar-refractivity contribution in [3.63, 3.8) is 0 Å². The van der Waals surface area contributed by atoms with Crippen molar-refractivity contribution >= 4 is 11.4 Å². The highest BCUT2D eigenvalue weighted by molar-refractivity contribution is 5.83. The number of pyridine rings is 1. The number of nitrogens with zero attached hydrogens (tertiary/aromatic N) is 3. The molecule has 0 aliphatic heterocycles. The number of hydrogen-bond donors (Lipinski definition) is 1. The first-order valence-electron chi connectivity index (χ1n) is 7.82. The number of ketones is 1. The van der Waals surface area contributed by atoms with Crippen molar-refractivity contribution in [1.29, 1.82) is 0 Å². The average Bonchev–Trinajstić information content (AvgIpc) is 3.26. The van der Waals surface area contributed by atoms with Crippen LogP contribution in [0.15, 0.2) is 36.5 Å². The van der Waals surface area contributed by atoms with Crippen LogP contribution in [0.5, 0.6) is 0 Å². The van der Waals surface area contributed by atoms with Crippen molar-refractivity contribution in [2.45, 2.75) is 32.1 Å². The lowest BCUT2D eigenvalue weighted by Gasteiger charge is -2.04. The number of rotatable bonds is 4. The highest BCUT2D eigenvalue weighted by atomic mass is 16.1. The third-order valence-electron chi connectivity index (χ3n) is 4.42. The molecule has 1 aliphatic carbocycles. The second-order valence-corrected chi connectivity index (χ2v) is 5.92. The third kappa shape index (κ3) is 2.32. The van der Waals surface area contributed by atoms with Crippen LogP contribution in [0.4, 0.5) is 0 Å². The minimum absolute atomic E-state index is 0.217. The Morgan fingerprint density at radius 3 is 2.86 bits per heavy atom. The van der Waals surface area contributed by atoms with Crippen LogP contribution < -0.4 is 0 Å². The summed E-state index contributed by atoms with van der Waals surface area (Å²) in [6.45, 7) is 0. The molecule has 5 heteroatoms. The summed E-state index contributed by atoms with van der Waals surface area (Å²) in [5.74, 6) is 1.13. The lowest BCUT2D eigenvalue weighted by Crippen LogP contribution is -2.14. The van der Waals surface area contributed by atoms with E-state index in [-0.39, 0.29) is 11.7 Å². The van der Waals surface area contributed by atoms with Gasteiger partial charge in [0.2, 0.25) is 0 Å². The van der Waals surface area contributed by atoms with E-state index in [1.807, 2.05) is 41.0 Å². The first-order valence-corrected chi connectivity index (χ1v) is 7.82. The van der Waals surface area contributed by atoms with Crippen LogP contribution in [0.25, 0.3) is 17.0 Å². The van der Waals surface area contributed by atoms with Gasteiger partial charge < -0.3 is 4.98 Å². The molecule has 1 fully saturated rings. The zero-order valence-electron chi connectivity index (χ0n) is 12.3. The topological polar surface area (TPSA) is 63.0 Å². The summed E-state index contributed by atoms with van der Waals surface area (Å²) in [4.78, 5) is 20.0. The summed E-state index contributed by atoms with van der Waals surface area (Å²) < 4.78 is 1.81. The van der Waals surface area contributed by atoms with Crippen molar-refractivity contribution < 1.29 is 4.79 Å². The normalized spacial score (nSPS) is 15.6. The van der Waals surface area contributed by atoms with E-state index in [2.05, 4.69) is 15.1 Å². The summed E-state index contributed by atoms with van der Waals surface area (Å²) in [5, 5.41) is 4.54. The van der Waals surface area contributed by atoms with Gasteiger partial charge >= 0.3 is 0 Å². The number of Topliss-reactive ketones (excluding diaryl/α,β-unsaturated/α-hetero) is 1. The Morgan fingerprint density at radius 1 is 1.23 bits per heavy atom. The smallest absolute Gasteiger partial charge is 0.159 e. The van der Waals surface area contributed by atoms with Crippen LogP contribution >= 0.6 is 0 Å². The Balaban J connectivity index is 1.66. The fraction of sp³-hybridized carbons (Fsp3) is 0.353. The molecule has 0 bridgehead atoms. The van der Waals surface area contributed by atoms with E-state index in [0.717, 1.165) is 29.9 Å². The van der Waals surface area contributed by atoms with Crippen molar-refractivity contribution in [3.8, 4) is 11.4 Å². The number of carbonyl (C=O) groups is 1. The van der Waals surface area contributed by atoms with Gasteiger partial charge in [-0.1, -0.05) is 18.9 Å². The van der Waals surface area contributed by atoms with Crippen LogP contribution in [-0.2, 0) is 11.2 Å². The summed E-state index contributed by atoms with van der Waals surface area (Å²) in [6, 6.07) is 9.83. The van der Waals surface area contributed by atoms with Crippen LogP contribution in [0.1, 0.15) is 31.5 Å². The molecule has 3 aromatic heterocycles. The largest absolute Gasteiger partial charge is 0.360 e. The van der Waals surface area contributed by atoms with Crippen LogP contribution in [0, 0.1) is 5.92 Å². The zero-order valence-corrected chi connectivity index (χ0v) is 12.3. The fourth-order valence-corrected chi connectivity index (χ4v) is 3.27. The van der Waals surface area contributed by atoms with E-state index >= 15 is 0 Å². The molecule has 112 valence electrons. The molecular weight excluding hydrogens is 276 g/mol. The Kier molecular flexibility index (Phi) is 3.25. The SMILES string of the molecule is O=C(Cc1nc2cccc(-c3ccc[nH]3)n2n1)C1CCCC1. The molecule has 0 saturated heterocycles. The van der Waals surface area contributed by atoms with Gasteiger partial charge in [0.15, 0.2) is 11.5 Å². The molecule has 4 rings (SSSR count). The highest BCUT2D eigenvalue weighted by Gasteiger charge is 2.24. The molecule has 1 aliphatic rings. The zero-order chi connectivity index (χ0) is 14.9. The summed E-state index contributed by atoms with van der Waals surface area (Å²) >= 11 is 0. The quantitative estimate of drug-likeness (QED) is 0.804. The Hall–Kier alpha value is -2.43. The van der Waals surface area contributed by atoms with Gasteiger partial charge in [-0.15, -0.1) is 0 Å². The van der Waals surface area contributed by atoms with E-state index in [1.54, 1.807) is 0 Å². The standard InChI is InChI=1S/C17H18N4O/c22-15(12-5-1-2-6-12)11-16-19-17-9-3-8-14(21(17)20-16)13-7-4-10-18-13/h3-4,7-10,12,18H,1-2,5-6,11H2. The maximum atomic E-state index is 12.3. The first-order chi connectivity index (χ1) is 10.8. The van der Waals surface area contributed by atoms with Crippen molar-refractivity contribution in [2.24, 2.45) is 5.92 Å². The lowest BCUT2D eigenvalue weighted by atomic mass is 10.0. The molecule has 1 N–H and O–H groups in total. The number of fused-ring (bicyclic) bond motifs is 1. The molecule has 1 saturated carbocycles. The molecule has 5 nitrogen and oxygen atoms in total. The van der Waals surface area contributed by atoms with E-state index in [0.29, 0.717) is 12.2 Å². The molecule has 22 heavy (non-hydrogen) atoms. The second-order valence-electron chi connectivity index (χ2n) is 5.92. The predicted molar refractivity (Wildman–Crippen MR) is 83.4 cm³/mol. The molecule has 0 spiro atoms. The van der Waals surface area contributed by atoms with E-state index in [9.17, 15) is 4.79 Å². The molecule has 3 aromatic rings. The molecule has 0 amide bonds. The molecule has 0 radical (unpaired) electrons. The Morgan fingerprint density at radius 2 is 2.09 bits per heavy atom. The van der Waals surface area contributed by atoms with Gasteiger partial charge in [0, 0.05) is 12.1 Å². The Labute approximate surface area is 128 Å². The highest BCUT2D eigenvalue weighted by Crippen LogP contribution is 2.26. The number of hydrogen-bond acceptors (Lipinski definition) is 3. The Bertz CT molecular complexity index is 797. The summed E-state index contributed by atoms with van der Waals surface area (Å²) in [7, 11) is 0. The second kappa shape index (κ2) is 5.40. The van der Waals surface area contributed by atoms with Crippen molar-refractivity contribution in [1.82, 2.24) is 19.6 Å². The van der Waals surface area contributed by atoms with Gasteiger partial charge in [0.25, 0.3) is 0 Å². The van der Waals surface area contributed by atoms with E-state index in [4.69, 9.17) is 0 Å². The summed E-state index contributed by atoms with van der Waals surface area (Å²) in [5.41, 5.74) is 2.72. The van der Waals surface area contributed by atoms with Gasteiger partial charge in [-0.25, -0.2) is 9.50 Å². The predicted octanol–water partition coefficient (Wildman–Crippen LogP) is 3.03. The molecular formula is C17H18N4O. The maximum absolute atomic E-state index is 12.3. The maximum Gasteiger partial charge on any atom is 0.159 e. The van der Waals surface area contributed by atoms with E-state index < -0.39 is 0 Å². The minimum atomic E-state index is 0.217. The minimum Gasteiger partial charge on any atom is -0.360 e. The van der Waals surface area contributed by atoms with Crippen molar-refractivity contribution in [2.75, 3.05) is 0 Å². The van der Waals surface area contributed by atoms with E-state index in [1.165, 1.54) is 12.8 Å².